The summed E-state index contributed by atoms with van der Waals surface area (Å²) < 4.78 is 49.6. The third-order valence-corrected chi connectivity index (χ3v) is 7.76. The number of nitrogens with zero attached hydrogens (tertiary/aromatic N) is 1. The summed E-state index contributed by atoms with van der Waals surface area (Å²) in [6.45, 7) is 1.38. The summed E-state index contributed by atoms with van der Waals surface area (Å²) >= 11 is 0. The molecule has 2 amide bonds. The zero-order valence-corrected chi connectivity index (χ0v) is 24.6. The number of carbonyl (C=O) groups is 3. The Hall–Kier alpha value is -4.34. The van der Waals surface area contributed by atoms with Gasteiger partial charge < -0.3 is 19.7 Å². The molecule has 4 rings (SSSR count). The molecule has 234 valence electrons. The maximum absolute atomic E-state index is 13.0. The average Bonchev–Trinajstić information content (AvgIpc) is 3.03. The minimum Gasteiger partial charge on any atom is -0.489 e. The maximum atomic E-state index is 13.0. The molecular weight excluding hydrogens is 573 g/mol. The Labute approximate surface area is 255 Å². The second kappa shape index (κ2) is 15.4. The average molecular weight is 611 g/mol. The Balaban J connectivity index is 1.21. The maximum Gasteiger partial charge on any atom is 0.416 e. The van der Waals surface area contributed by atoms with Crippen LogP contribution in [0.3, 0.4) is 0 Å². The zero-order chi connectivity index (χ0) is 31.5. The zero-order valence-electron chi connectivity index (χ0n) is 24.6. The summed E-state index contributed by atoms with van der Waals surface area (Å²) in [5.74, 6) is -0.187. The van der Waals surface area contributed by atoms with E-state index in [0.717, 1.165) is 23.3 Å². The van der Waals surface area contributed by atoms with Gasteiger partial charge in [-0.3, -0.25) is 9.59 Å². The summed E-state index contributed by atoms with van der Waals surface area (Å²) in [5.41, 5.74) is 1.63. The van der Waals surface area contributed by atoms with E-state index >= 15 is 0 Å². The van der Waals surface area contributed by atoms with Crippen LogP contribution in [0.2, 0.25) is 0 Å². The normalized spacial score (nSPS) is 14.5. The van der Waals surface area contributed by atoms with Gasteiger partial charge in [0, 0.05) is 32.4 Å². The van der Waals surface area contributed by atoms with Crippen LogP contribution >= 0.6 is 0 Å². The van der Waals surface area contributed by atoms with Crippen LogP contribution in [0.15, 0.2) is 78.9 Å². The topological polar surface area (TPSA) is 84.9 Å². The number of halogens is 3. The molecule has 1 fully saturated rings. The number of likely N-dealkylation sites (tertiary alicyclic amines) is 1. The molecule has 1 N–H and O–H groups in total. The number of aryl methyl sites for hydroxylation is 1. The van der Waals surface area contributed by atoms with Crippen molar-refractivity contribution in [1.82, 2.24) is 10.2 Å². The molecule has 10 heteroatoms. The molecule has 3 aromatic carbocycles. The molecule has 0 saturated carbocycles. The lowest BCUT2D eigenvalue weighted by Crippen LogP contribution is -2.44. The Bertz CT molecular complexity index is 1390. The van der Waals surface area contributed by atoms with Crippen molar-refractivity contribution < 1.29 is 37.0 Å². The van der Waals surface area contributed by atoms with Crippen LogP contribution < -0.4 is 10.1 Å². The van der Waals surface area contributed by atoms with E-state index in [2.05, 4.69) is 5.32 Å². The Kier molecular flexibility index (Phi) is 11.4. The van der Waals surface area contributed by atoms with Crippen LogP contribution in [-0.4, -0.2) is 48.9 Å². The van der Waals surface area contributed by atoms with E-state index in [-0.39, 0.29) is 43.4 Å². The number of hydrogen-bond donors (Lipinski definition) is 1. The van der Waals surface area contributed by atoms with E-state index < -0.39 is 23.8 Å². The molecule has 0 spiro atoms. The number of carbonyl (C=O) groups excluding carboxylic acids is 3. The van der Waals surface area contributed by atoms with E-state index in [1.165, 1.54) is 13.2 Å². The summed E-state index contributed by atoms with van der Waals surface area (Å²) in [7, 11) is 1.28. The smallest absolute Gasteiger partial charge is 0.416 e. The number of alkyl halides is 3. The lowest BCUT2D eigenvalue weighted by atomic mass is 9.92. The van der Waals surface area contributed by atoms with E-state index in [9.17, 15) is 27.6 Å². The Morgan fingerprint density at radius 3 is 2.25 bits per heavy atom. The van der Waals surface area contributed by atoms with E-state index in [1.54, 1.807) is 11.0 Å². The fourth-order valence-corrected chi connectivity index (χ4v) is 5.25. The Morgan fingerprint density at radius 2 is 1.59 bits per heavy atom. The van der Waals surface area contributed by atoms with Crippen LogP contribution in [0, 0.1) is 5.92 Å². The molecule has 1 atom stereocenters. The third-order valence-electron chi connectivity index (χ3n) is 7.76. The van der Waals surface area contributed by atoms with Crippen molar-refractivity contribution in [3.05, 3.63) is 101 Å². The van der Waals surface area contributed by atoms with Gasteiger partial charge in [-0.2, -0.15) is 13.2 Å². The first-order chi connectivity index (χ1) is 21.1. The second-order valence-electron chi connectivity index (χ2n) is 11.0. The van der Waals surface area contributed by atoms with Crippen molar-refractivity contribution in [1.29, 1.82) is 0 Å². The van der Waals surface area contributed by atoms with Crippen LogP contribution in [0.4, 0.5) is 13.2 Å². The molecule has 1 aliphatic rings. The Morgan fingerprint density at radius 1 is 0.909 bits per heavy atom. The van der Waals surface area contributed by atoms with E-state index in [0.29, 0.717) is 43.9 Å². The van der Waals surface area contributed by atoms with Gasteiger partial charge in [-0.15, -0.1) is 0 Å². The molecule has 7 nitrogen and oxygen atoms in total. The fourth-order valence-electron chi connectivity index (χ4n) is 5.25. The van der Waals surface area contributed by atoms with Crippen molar-refractivity contribution >= 4 is 17.8 Å². The number of hydrogen-bond acceptors (Lipinski definition) is 5. The largest absolute Gasteiger partial charge is 0.489 e. The molecule has 44 heavy (non-hydrogen) atoms. The van der Waals surface area contributed by atoms with E-state index in [4.69, 9.17) is 9.47 Å². The highest BCUT2D eigenvalue weighted by Gasteiger charge is 2.31. The molecule has 3 aromatic rings. The SMILES string of the molecule is COC(=O)[C@H](Cc1ccc(OCc2ccccc2)cc1)NC(=O)CC1CCN(C(=O)CCc2cccc(C(F)(F)F)c2)CC1. The highest BCUT2D eigenvalue weighted by molar-refractivity contribution is 5.84. The summed E-state index contributed by atoms with van der Waals surface area (Å²) in [6, 6.07) is 21.3. The van der Waals surface area contributed by atoms with Crippen LogP contribution in [0.5, 0.6) is 5.75 Å². The third kappa shape index (κ3) is 9.86. The number of rotatable bonds is 12. The second-order valence-corrected chi connectivity index (χ2v) is 11.0. The molecule has 0 aromatic heterocycles. The first kappa shape index (κ1) is 32.6. The first-order valence-corrected chi connectivity index (χ1v) is 14.7. The highest BCUT2D eigenvalue weighted by atomic mass is 19.4. The molecule has 1 aliphatic heterocycles. The number of nitrogens with one attached hydrogen (secondary N) is 1. The van der Waals surface area contributed by atoms with Gasteiger partial charge in [0.15, 0.2) is 0 Å². The molecule has 0 bridgehead atoms. The van der Waals surface area contributed by atoms with Gasteiger partial charge in [-0.25, -0.2) is 4.79 Å². The predicted octanol–water partition coefficient (Wildman–Crippen LogP) is 5.75. The van der Waals surface area contributed by atoms with Gasteiger partial charge in [0.2, 0.25) is 11.8 Å². The lowest BCUT2D eigenvalue weighted by molar-refractivity contribution is -0.145. The number of esters is 1. The molecule has 1 saturated heterocycles. The quantitative estimate of drug-likeness (QED) is 0.264. The monoisotopic (exact) mass is 610 g/mol. The summed E-state index contributed by atoms with van der Waals surface area (Å²) in [6.07, 6.45) is -2.36. The van der Waals surface area contributed by atoms with Crippen molar-refractivity contribution in [3.8, 4) is 5.75 Å². The number of methoxy groups -OCH3 is 1. The number of amides is 2. The van der Waals surface area contributed by atoms with Crippen molar-refractivity contribution in [2.75, 3.05) is 20.2 Å². The molecule has 0 radical (unpaired) electrons. The minimum absolute atomic E-state index is 0.0434. The lowest BCUT2D eigenvalue weighted by Gasteiger charge is -2.32. The standard InChI is InChI=1S/C34H37F3N2O5/c1-43-33(42)30(21-25-10-13-29(14-11-25)44-23-27-6-3-2-4-7-27)38-31(40)22-26-16-18-39(19-17-26)32(41)15-12-24-8-5-9-28(20-24)34(35,36)37/h2-11,13-14,20,26,30H,12,15-19,21-23H2,1H3,(H,38,40)/t30-/m0/s1. The molecule has 0 aliphatic carbocycles. The number of benzene rings is 3. The van der Waals surface area contributed by atoms with Gasteiger partial charge in [0.05, 0.1) is 12.7 Å². The predicted molar refractivity (Wildman–Crippen MR) is 159 cm³/mol. The van der Waals surface area contributed by atoms with Crippen LogP contribution in [0.25, 0.3) is 0 Å². The van der Waals surface area contributed by atoms with Gasteiger partial charge in [0.25, 0.3) is 0 Å². The van der Waals surface area contributed by atoms with Crippen molar-refractivity contribution in [2.45, 2.75) is 57.3 Å². The number of ether oxygens (including phenoxy) is 2. The van der Waals surface area contributed by atoms with Gasteiger partial charge in [-0.05, 0) is 60.1 Å². The van der Waals surface area contributed by atoms with Crippen LogP contribution in [-0.2, 0) is 44.7 Å². The van der Waals surface area contributed by atoms with Gasteiger partial charge in [-0.1, -0.05) is 60.7 Å². The first-order valence-electron chi connectivity index (χ1n) is 14.7. The van der Waals surface area contributed by atoms with Gasteiger partial charge >= 0.3 is 12.1 Å². The summed E-state index contributed by atoms with van der Waals surface area (Å²) in [4.78, 5) is 39.7. The van der Waals surface area contributed by atoms with E-state index in [1.807, 2.05) is 54.6 Å². The number of piperidine rings is 1. The van der Waals surface area contributed by atoms with Crippen molar-refractivity contribution in [2.24, 2.45) is 5.92 Å². The molecular formula is C34H37F3N2O5. The molecule has 0 unspecified atom stereocenters. The highest BCUT2D eigenvalue weighted by Crippen LogP contribution is 2.30. The minimum atomic E-state index is -4.42. The van der Waals surface area contributed by atoms with Crippen LogP contribution in [0.1, 0.15) is 47.9 Å². The van der Waals surface area contributed by atoms with Gasteiger partial charge in [0.1, 0.15) is 18.4 Å². The fraction of sp³-hybridized carbons (Fsp3) is 0.382. The van der Waals surface area contributed by atoms with Crippen molar-refractivity contribution in [3.63, 3.8) is 0 Å². The summed E-state index contributed by atoms with van der Waals surface area (Å²) in [5, 5.41) is 2.81. The molecule has 1 heterocycles.